The van der Waals surface area contributed by atoms with Crippen LogP contribution in [-0.4, -0.2) is 39.3 Å². The zero-order valence-corrected chi connectivity index (χ0v) is 11.6. The normalized spacial score (nSPS) is 16.6. The van der Waals surface area contributed by atoms with Crippen LogP contribution in [0, 0.1) is 0 Å². The summed E-state index contributed by atoms with van der Waals surface area (Å²) in [5, 5.41) is 1.36. The molecule has 1 N–H and O–H groups in total. The van der Waals surface area contributed by atoms with Gasteiger partial charge in [-0.25, -0.2) is 0 Å². The van der Waals surface area contributed by atoms with Gasteiger partial charge in [0.25, 0.3) is 10.1 Å². The minimum atomic E-state index is -4.25. The zero-order chi connectivity index (χ0) is 14.2. The number of benzene rings is 2. The standard InChI is InChI=1S/C14H15NO4S/c16-20(17,18)13-6-2-4-11-3-1-5-12(14(11)13)15-7-9-19-10-8-15/h1-6H,7-10H2,(H,16,17,18). The maximum atomic E-state index is 11.6. The molecular formula is C14H15NO4S. The molecule has 0 bridgehead atoms. The van der Waals surface area contributed by atoms with E-state index in [1.165, 1.54) is 6.07 Å². The predicted molar refractivity (Wildman–Crippen MR) is 76.8 cm³/mol. The zero-order valence-electron chi connectivity index (χ0n) is 10.8. The van der Waals surface area contributed by atoms with Crippen LogP contribution in [0.1, 0.15) is 0 Å². The highest BCUT2D eigenvalue weighted by molar-refractivity contribution is 7.86. The molecule has 0 unspecified atom stereocenters. The third kappa shape index (κ3) is 2.37. The molecule has 6 heteroatoms. The third-order valence-corrected chi connectivity index (χ3v) is 4.37. The maximum absolute atomic E-state index is 11.6. The molecule has 1 aliphatic heterocycles. The molecule has 20 heavy (non-hydrogen) atoms. The molecule has 1 saturated heterocycles. The Labute approximate surface area is 117 Å². The molecule has 1 fully saturated rings. The first-order valence-corrected chi connectivity index (χ1v) is 7.83. The number of morpholine rings is 1. The summed E-state index contributed by atoms with van der Waals surface area (Å²) in [5.74, 6) is 0. The second-order valence-corrected chi connectivity index (χ2v) is 6.10. The summed E-state index contributed by atoms with van der Waals surface area (Å²) in [6, 6.07) is 10.5. The van der Waals surface area contributed by atoms with E-state index in [4.69, 9.17) is 4.74 Å². The number of hydrogen-bond donors (Lipinski definition) is 1. The van der Waals surface area contributed by atoms with E-state index in [0.717, 1.165) is 11.1 Å². The molecule has 0 amide bonds. The summed E-state index contributed by atoms with van der Waals surface area (Å²) >= 11 is 0. The molecule has 3 rings (SSSR count). The molecule has 0 aliphatic carbocycles. The van der Waals surface area contributed by atoms with Crippen molar-refractivity contribution in [2.75, 3.05) is 31.2 Å². The maximum Gasteiger partial charge on any atom is 0.295 e. The van der Waals surface area contributed by atoms with E-state index in [9.17, 15) is 13.0 Å². The first kappa shape index (κ1) is 13.4. The average molecular weight is 293 g/mol. The summed E-state index contributed by atoms with van der Waals surface area (Å²) in [6.45, 7) is 2.65. The number of rotatable bonds is 2. The molecular weight excluding hydrogens is 278 g/mol. The fraction of sp³-hybridized carbons (Fsp3) is 0.286. The highest BCUT2D eigenvalue weighted by atomic mass is 32.2. The Morgan fingerprint density at radius 1 is 1.05 bits per heavy atom. The average Bonchev–Trinajstić information content (AvgIpc) is 2.46. The van der Waals surface area contributed by atoms with Crippen LogP contribution in [0.25, 0.3) is 10.8 Å². The van der Waals surface area contributed by atoms with Crippen molar-refractivity contribution in [3.8, 4) is 0 Å². The lowest BCUT2D eigenvalue weighted by Gasteiger charge is -2.30. The van der Waals surface area contributed by atoms with Gasteiger partial charge in [0.2, 0.25) is 0 Å². The van der Waals surface area contributed by atoms with Crippen molar-refractivity contribution in [1.29, 1.82) is 0 Å². The summed E-state index contributed by atoms with van der Waals surface area (Å²) < 4.78 is 37.9. The number of hydrogen-bond acceptors (Lipinski definition) is 4. The monoisotopic (exact) mass is 293 g/mol. The molecule has 2 aromatic rings. The smallest absolute Gasteiger partial charge is 0.295 e. The summed E-state index contributed by atoms with van der Waals surface area (Å²) in [7, 11) is -4.25. The Morgan fingerprint density at radius 2 is 1.70 bits per heavy atom. The van der Waals surface area contributed by atoms with Crippen LogP contribution in [0.15, 0.2) is 41.3 Å². The molecule has 1 aliphatic rings. The minimum absolute atomic E-state index is 0.0444. The summed E-state index contributed by atoms with van der Waals surface area (Å²) in [6.07, 6.45) is 0. The van der Waals surface area contributed by atoms with E-state index >= 15 is 0 Å². The van der Waals surface area contributed by atoms with E-state index in [2.05, 4.69) is 4.90 Å². The van der Waals surface area contributed by atoms with Gasteiger partial charge < -0.3 is 9.64 Å². The van der Waals surface area contributed by atoms with Crippen molar-refractivity contribution in [3.63, 3.8) is 0 Å². The largest absolute Gasteiger partial charge is 0.378 e. The number of fused-ring (bicyclic) bond motifs is 1. The molecule has 0 aromatic heterocycles. The molecule has 0 atom stereocenters. The van der Waals surface area contributed by atoms with Gasteiger partial charge in [-0.1, -0.05) is 24.3 Å². The van der Waals surface area contributed by atoms with E-state index < -0.39 is 10.1 Å². The Morgan fingerprint density at radius 3 is 2.35 bits per heavy atom. The fourth-order valence-corrected chi connectivity index (χ4v) is 3.30. The van der Waals surface area contributed by atoms with E-state index in [0.29, 0.717) is 31.7 Å². The predicted octanol–water partition coefficient (Wildman–Crippen LogP) is 1.92. The lowest BCUT2D eigenvalue weighted by Crippen LogP contribution is -2.36. The SMILES string of the molecule is O=S(=O)(O)c1cccc2cccc(N3CCOCC3)c12. The number of ether oxygens (including phenoxy) is 1. The summed E-state index contributed by atoms with van der Waals surface area (Å²) in [4.78, 5) is 2.04. The Kier molecular flexibility index (Phi) is 3.37. The van der Waals surface area contributed by atoms with Gasteiger partial charge in [-0.2, -0.15) is 8.42 Å². The molecule has 0 spiro atoms. The lowest BCUT2D eigenvalue weighted by atomic mass is 10.1. The van der Waals surface area contributed by atoms with Crippen LogP contribution in [0.5, 0.6) is 0 Å². The fourth-order valence-electron chi connectivity index (χ4n) is 2.57. The van der Waals surface area contributed by atoms with Gasteiger partial charge >= 0.3 is 0 Å². The molecule has 0 radical (unpaired) electrons. The highest BCUT2D eigenvalue weighted by Crippen LogP contribution is 2.32. The Bertz CT molecular complexity index is 731. The van der Waals surface area contributed by atoms with Crippen molar-refractivity contribution < 1.29 is 17.7 Å². The van der Waals surface area contributed by atoms with Crippen molar-refractivity contribution >= 4 is 26.6 Å². The van der Waals surface area contributed by atoms with E-state index in [1.54, 1.807) is 6.07 Å². The topological polar surface area (TPSA) is 66.8 Å². The van der Waals surface area contributed by atoms with Gasteiger partial charge in [0.05, 0.1) is 13.2 Å². The Balaban J connectivity index is 2.26. The number of nitrogens with zero attached hydrogens (tertiary/aromatic N) is 1. The Hall–Kier alpha value is -1.63. The van der Waals surface area contributed by atoms with Gasteiger partial charge in [-0.05, 0) is 17.5 Å². The van der Waals surface area contributed by atoms with Crippen molar-refractivity contribution in [1.82, 2.24) is 0 Å². The van der Waals surface area contributed by atoms with Crippen molar-refractivity contribution in [2.24, 2.45) is 0 Å². The van der Waals surface area contributed by atoms with Gasteiger partial charge in [-0.3, -0.25) is 4.55 Å². The van der Waals surface area contributed by atoms with Crippen molar-refractivity contribution in [2.45, 2.75) is 4.90 Å². The molecule has 2 aromatic carbocycles. The number of anilines is 1. The lowest BCUT2D eigenvalue weighted by molar-refractivity contribution is 0.123. The van der Waals surface area contributed by atoms with Crippen LogP contribution in [0.4, 0.5) is 5.69 Å². The second kappa shape index (κ2) is 5.05. The van der Waals surface area contributed by atoms with Gasteiger partial charge in [0.15, 0.2) is 0 Å². The van der Waals surface area contributed by atoms with Crippen LogP contribution < -0.4 is 4.90 Å². The van der Waals surface area contributed by atoms with Crippen LogP contribution in [0.2, 0.25) is 0 Å². The quantitative estimate of drug-likeness (QED) is 0.857. The summed E-state index contributed by atoms with van der Waals surface area (Å²) in [5.41, 5.74) is 0.819. The molecule has 0 saturated carbocycles. The third-order valence-electron chi connectivity index (χ3n) is 3.47. The van der Waals surface area contributed by atoms with Gasteiger partial charge in [-0.15, -0.1) is 0 Å². The van der Waals surface area contributed by atoms with Crippen LogP contribution in [-0.2, 0) is 14.9 Å². The molecule has 1 heterocycles. The van der Waals surface area contributed by atoms with E-state index in [1.807, 2.05) is 24.3 Å². The van der Waals surface area contributed by atoms with Crippen molar-refractivity contribution in [3.05, 3.63) is 36.4 Å². The first-order chi connectivity index (χ1) is 9.57. The molecule has 106 valence electrons. The van der Waals surface area contributed by atoms with E-state index in [-0.39, 0.29) is 4.90 Å². The second-order valence-electron chi connectivity index (χ2n) is 4.71. The van der Waals surface area contributed by atoms with Crippen LogP contribution in [0.3, 0.4) is 0 Å². The van der Waals surface area contributed by atoms with Crippen LogP contribution >= 0.6 is 0 Å². The first-order valence-electron chi connectivity index (χ1n) is 6.39. The molecule has 5 nitrogen and oxygen atoms in total. The van der Waals surface area contributed by atoms with Gasteiger partial charge in [0.1, 0.15) is 4.90 Å². The highest BCUT2D eigenvalue weighted by Gasteiger charge is 2.20. The minimum Gasteiger partial charge on any atom is -0.378 e. The van der Waals surface area contributed by atoms with Gasteiger partial charge in [0, 0.05) is 24.2 Å².